The van der Waals surface area contributed by atoms with Crippen LogP contribution in [-0.4, -0.2) is 40.0 Å². The Morgan fingerprint density at radius 2 is 1.71 bits per heavy atom. The summed E-state index contributed by atoms with van der Waals surface area (Å²) in [5, 5.41) is 25.3. The van der Waals surface area contributed by atoms with Gasteiger partial charge in [-0.25, -0.2) is 8.78 Å². The van der Waals surface area contributed by atoms with Crippen molar-refractivity contribution in [3.8, 4) is 10.4 Å². The van der Waals surface area contributed by atoms with Crippen molar-refractivity contribution in [1.29, 1.82) is 0 Å². The summed E-state index contributed by atoms with van der Waals surface area (Å²) in [4.78, 5) is 26.8. The number of amides is 1. The molecule has 0 radical (unpaired) electrons. The number of halogens is 2. The fraction of sp³-hybridized carbons (Fsp3) is 0.192. The van der Waals surface area contributed by atoms with Crippen molar-refractivity contribution >= 4 is 33.8 Å². The van der Waals surface area contributed by atoms with Gasteiger partial charge in [0.2, 0.25) is 0 Å². The van der Waals surface area contributed by atoms with Crippen LogP contribution in [-0.2, 0) is 13.1 Å². The number of nitrogens with zero attached hydrogens (tertiary/aromatic N) is 4. The fourth-order valence-electron chi connectivity index (χ4n) is 3.78. The second-order valence-electron chi connectivity index (χ2n) is 8.72. The number of nitrogens with one attached hydrogen (secondary N) is 2. The fourth-order valence-corrected chi connectivity index (χ4v) is 4.99. The highest BCUT2D eigenvalue weighted by atomic mass is 32.1. The van der Waals surface area contributed by atoms with Crippen molar-refractivity contribution in [2.24, 2.45) is 0 Å². The molecule has 0 saturated carbocycles. The molecule has 2 aromatic heterocycles. The van der Waals surface area contributed by atoms with Gasteiger partial charge in [-0.2, -0.15) is 5.10 Å². The lowest BCUT2D eigenvalue weighted by atomic mass is 10.0. The Balaban J connectivity index is 1.81. The Morgan fingerprint density at radius 3 is 2.29 bits per heavy atom. The van der Waals surface area contributed by atoms with Crippen LogP contribution < -0.4 is 10.6 Å². The number of hydrogen-bond donors (Lipinski definition) is 2. The molecule has 0 bridgehead atoms. The van der Waals surface area contributed by atoms with E-state index in [0.717, 1.165) is 12.1 Å². The van der Waals surface area contributed by atoms with Crippen molar-refractivity contribution in [3.05, 3.63) is 98.7 Å². The van der Waals surface area contributed by atoms with Crippen LogP contribution in [0.4, 0.5) is 25.3 Å². The lowest BCUT2D eigenvalue weighted by molar-refractivity contribution is -0.384. The molecule has 0 atom stereocenters. The van der Waals surface area contributed by atoms with E-state index in [2.05, 4.69) is 20.8 Å². The number of carbonyl (C=O) groups is 1. The van der Waals surface area contributed by atoms with Crippen LogP contribution in [0, 0.1) is 28.7 Å². The number of aryl methyl sites for hydroxylation is 1. The Labute approximate surface area is 221 Å². The molecular weight excluding hydrogens is 514 g/mol. The van der Waals surface area contributed by atoms with E-state index in [4.69, 9.17) is 0 Å². The quantitative estimate of drug-likeness (QED) is 0.210. The highest BCUT2D eigenvalue weighted by Crippen LogP contribution is 2.42. The molecule has 0 aliphatic carbocycles. The number of benzene rings is 2. The summed E-state index contributed by atoms with van der Waals surface area (Å²) in [5.74, 6) is -1.66. The minimum absolute atomic E-state index is 0.0660. The molecule has 196 valence electrons. The van der Waals surface area contributed by atoms with E-state index < -0.39 is 22.5 Å². The predicted octanol–water partition coefficient (Wildman–Crippen LogP) is 5.63. The number of anilines is 2. The maximum Gasteiger partial charge on any atom is 0.269 e. The standard InChI is InChI=1S/C26H24F2N6O3S/c1-15-7-12-22(32-31-15)30-25(35)23-19(14-33(2)3)24(16-8-10-17(11-9-16)34(36)37)38-26(23)29-13-18-20(27)5-4-6-21(18)28/h4-12,29H,13-14H2,1-3H3,(H,30,32,35). The maximum absolute atomic E-state index is 14.3. The molecule has 0 fully saturated rings. The number of hydrogen-bond acceptors (Lipinski definition) is 8. The Bertz CT molecular complexity index is 1450. The lowest BCUT2D eigenvalue weighted by Crippen LogP contribution is -2.19. The first-order chi connectivity index (χ1) is 18.1. The molecule has 4 rings (SSSR count). The zero-order valence-corrected chi connectivity index (χ0v) is 21.6. The average Bonchev–Trinajstić information content (AvgIpc) is 3.22. The Morgan fingerprint density at radius 1 is 1.03 bits per heavy atom. The SMILES string of the molecule is Cc1ccc(NC(=O)c2c(NCc3c(F)cccc3F)sc(-c3ccc([N+](=O)[O-])cc3)c2CN(C)C)nn1. The number of carbonyl (C=O) groups excluding carboxylic acids is 1. The monoisotopic (exact) mass is 538 g/mol. The lowest BCUT2D eigenvalue weighted by Gasteiger charge is -2.14. The second-order valence-corrected chi connectivity index (χ2v) is 9.74. The van der Waals surface area contributed by atoms with Gasteiger partial charge in [0.25, 0.3) is 11.6 Å². The second kappa shape index (κ2) is 11.4. The van der Waals surface area contributed by atoms with E-state index in [1.807, 2.05) is 19.0 Å². The number of thiophene rings is 1. The number of non-ortho nitro benzene ring substituents is 1. The van der Waals surface area contributed by atoms with Crippen molar-refractivity contribution < 1.29 is 18.5 Å². The summed E-state index contributed by atoms with van der Waals surface area (Å²) in [6.45, 7) is 1.92. The first kappa shape index (κ1) is 26.8. The molecule has 2 heterocycles. The van der Waals surface area contributed by atoms with Gasteiger partial charge in [0.1, 0.15) is 16.6 Å². The zero-order valence-electron chi connectivity index (χ0n) is 20.8. The van der Waals surface area contributed by atoms with Gasteiger partial charge in [-0.05, 0) is 68.5 Å². The Kier molecular flexibility index (Phi) is 8.03. The van der Waals surface area contributed by atoms with E-state index in [0.29, 0.717) is 33.2 Å². The molecule has 38 heavy (non-hydrogen) atoms. The number of rotatable bonds is 9. The van der Waals surface area contributed by atoms with Crippen LogP contribution in [0.3, 0.4) is 0 Å². The molecule has 2 aromatic carbocycles. The minimum atomic E-state index is -0.709. The van der Waals surface area contributed by atoms with Crippen LogP contribution >= 0.6 is 11.3 Å². The summed E-state index contributed by atoms with van der Waals surface area (Å²) >= 11 is 1.22. The summed E-state index contributed by atoms with van der Waals surface area (Å²) in [6, 6.07) is 12.9. The van der Waals surface area contributed by atoms with Gasteiger partial charge in [-0.1, -0.05) is 6.07 Å². The average molecular weight is 539 g/mol. The number of nitro groups is 1. The van der Waals surface area contributed by atoms with E-state index in [1.54, 1.807) is 31.2 Å². The molecule has 4 aromatic rings. The summed E-state index contributed by atoms with van der Waals surface area (Å²) in [6.07, 6.45) is 0. The molecular formula is C26H24F2N6O3S. The first-order valence-corrected chi connectivity index (χ1v) is 12.3. The third kappa shape index (κ3) is 5.98. The van der Waals surface area contributed by atoms with Gasteiger partial charge in [0.15, 0.2) is 5.82 Å². The van der Waals surface area contributed by atoms with Crippen LogP contribution in [0.2, 0.25) is 0 Å². The number of nitro benzene ring substituents is 1. The molecule has 1 amide bonds. The highest BCUT2D eigenvalue weighted by Gasteiger charge is 2.26. The minimum Gasteiger partial charge on any atom is -0.372 e. The molecule has 12 heteroatoms. The number of aromatic nitrogens is 2. The molecule has 9 nitrogen and oxygen atoms in total. The first-order valence-electron chi connectivity index (χ1n) is 11.5. The smallest absolute Gasteiger partial charge is 0.269 e. The highest BCUT2D eigenvalue weighted by molar-refractivity contribution is 7.20. The van der Waals surface area contributed by atoms with Gasteiger partial charge in [-0.3, -0.25) is 14.9 Å². The zero-order chi connectivity index (χ0) is 27.4. The van der Waals surface area contributed by atoms with E-state index in [9.17, 15) is 23.7 Å². The van der Waals surface area contributed by atoms with Crippen LogP contribution in [0.15, 0.2) is 54.6 Å². The maximum atomic E-state index is 14.3. The largest absolute Gasteiger partial charge is 0.372 e. The molecule has 2 N–H and O–H groups in total. The normalized spacial score (nSPS) is 11.0. The molecule has 0 aliphatic heterocycles. The van der Waals surface area contributed by atoms with Gasteiger partial charge in [-0.15, -0.1) is 16.4 Å². The van der Waals surface area contributed by atoms with Gasteiger partial charge >= 0.3 is 0 Å². The molecule has 0 aliphatic rings. The van der Waals surface area contributed by atoms with Crippen molar-refractivity contribution in [2.45, 2.75) is 20.0 Å². The molecule has 0 spiro atoms. The van der Waals surface area contributed by atoms with Crippen LogP contribution in [0.5, 0.6) is 0 Å². The summed E-state index contributed by atoms with van der Waals surface area (Å²) in [7, 11) is 3.68. The topological polar surface area (TPSA) is 113 Å². The van der Waals surface area contributed by atoms with Crippen molar-refractivity contribution in [2.75, 3.05) is 24.7 Å². The Hall–Kier alpha value is -4.29. The van der Waals surface area contributed by atoms with E-state index in [1.165, 1.54) is 29.5 Å². The van der Waals surface area contributed by atoms with Crippen LogP contribution in [0.25, 0.3) is 10.4 Å². The van der Waals surface area contributed by atoms with Crippen molar-refractivity contribution in [1.82, 2.24) is 15.1 Å². The summed E-state index contributed by atoms with van der Waals surface area (Å²) in [5.41, 5.74) is 2.03. The predicted molar refractivity (Wildman–Crippen MR) is 142 cm³/mol. The summed E-state index contributed by atoms with van der Waals surface area (Å²) < 4.78 is 28.6. The van der Waals surface area contributed by atoms with Crippen molar-refractivity contribution in [3.63, 3.8) is 0 Å². The molecule has 0 unspecified atom stereocenters. The van der Waals surface area contributed by atoms with E-state index >= 15 is 0 Å². The van der Waals surface area contributed by atoms with E-state index in [-0.39, 0.29) is 29.2 Å². The van der Waals surface area contributed by atoms with Crippen LogP contribution in [0.1, 0.15) is 27.2 Å². The third-order valence-electron chi connectivity index (χ3n) is 5.58. The third-order valence-corrected chi connectivity index (χ3v) is 6.81. The van der Waals surface area contributed by atoms with Gasteiger partial charge in [0, 0.05) is 35.7 Å². The van der Waals surface area contributed by atoms with Gasteiger partial charge in [0.05, 0.1) is 16.2 Å². The molecule has 0 saturated heterocycles. The van der Waals surface area contributed by atoms with Gasteiger partial charge < -0.3 is 15.5 Å².